The second-order valence-corrected chi connectivity index (χ2v) is 7.54. The Bertz CT molecular complexity index is 726. The van der Waals surface area contributed by atoms with Crippen molar-refractivity contribution in [3.05, 3.63) is 47.7 Å². The number of carbonyl (C=O) groups is 1. The fraction of sp³-hybridized carbons (Fsp3) is 0.524. The lowest BCUT2D eigenvalue weighted by atomic mass is 9.84. The molecule has 2 aliphatic rings. The summed E-state index contributed by atoms with van der Waals surface area (Å²) < 4.78 is 7.30. The van der Waals surface area contributed by atoms with Gasteiger partial charge in [-0.05, 0) is 42.9 Å². The number of nitrogens with zero attached hydrogens (tertiary/aromatic N) is 2. The third-order valence-corrected chi connectivity index (χ3v) is 5.66. The molecule has 1 aromatic heterocycles. The Balaban J connectivity index is 1.39. The lowest BCUT2D eigenvalue weighted by Gasteiger charge is -2.22. The molecule has 1 aliphatic carbocycles. The summed E-state index contributed by atoms with van der Waals surface area (Å²) >= 11 is 0. The highest BCUT2D eigenvalue weighted by Gasteiger charge is 2.19. The largest absolute Gasteiger partial charge is 0.381 e. The van der Waals surface area contributed by atoms with Crippen molar-refractivity contribution >= 4 is 11.7 Å². The predicted molar refractivity (Wildman–Crippen MR) is 101 cm³/mol. The van der Waals surface area contributed by atoms with Crippen LogP contribution < -0.4 is 5.32 Å². The molecular formula is C21H27N3O2. The van der Waals surface area contributed by atoms with Crippen molar-refractivity contribution in [3.63, 3.8) is 0 Å². The molecule has 1 saturated carbocycles. The zero-order valence-corrected chi connectivity index (χ0v) is 15.2. The minimum atomic E-state index is -0.0791. The zero-order chi connectivity index (χ0) is 17.8. The Hall–Kier alpha value is -2.14. The van der Waals surface area contributed by atoms with E-state index in [0.29, 0.717) is 17.4 Å². The number of ether oxygens (including phenoxy) is 1. The van der Waals surface area contributed by atoms with E-state index in [4.69, 9.17) is 4.74 Å². The van der Waals surface area contributed by atoms with Gasteiger partial charge in [0.15, 0.2) is 0 Å². The van der Waals surface area contributed by atoms with Crippen LogP contribution in [0.2, 0.25) is 0 Å². The van der Waals surface area contributed by atoms with E-state index in [1.807, 2.05) is 22.9 Å². The molecule has 2 aromatic rings. The zero-order valence-electron chi connectivity index (χ0n) is 15.2. The maximum atomic E-state index is 12.6. The van der Waals surface area contributed by atoms with Crippen molar-refractivity contribution in [1.82, 2.24) is 9.78 Å². The molecule has 1 aliphatic heterocycles. The summed E-state index contributed by atoms with van der Waals surface area (Å²) in [6, 6.07) is 10.00. The summed E-state index contributed by atoms with van der Waals surface area (Å²) in [7, 11) is 0. The molecule has 4 rings (SSSR count). The van der Waals surface area contributed by atoms with Crippen LogP contribution in [0, 0.1) is 5.92 Å². The molecule has 5 heteroatoms. The summed E-state index contributed by atoms with van der Waals surface area (Å²) in [6.45, 7) is 2.38. The van der Waals surface area contributed by atoms with Crippen LogP contribution in [0.3, 0.4) is 0 Å². The Morgan fingerprint density at radius 3 is 2.65 bits per heavy atom. The Kier molecular flexibility index (Phi) is 5.34. The normalized spacial score (nSPS) is 21.0. The molecule has 0 spiro atoms. The lowest BCUT2D eigenvalue weighted by Crippen LogP contribution is -2.19. The fourth-order valence-electron chi connectivity index (χ4n) is 4.09. The number of amides is 1. The van der Waals surface area contributed by atoms with E-state index in [2.05, 4.69) is 22.5 Å². The third-order valence-electron chi connectivity index (χ3n) is 5.66. The highest BCUT2D eigenvalue weighted by Crippen LogP contribution is 2.32. The van der Waals surface area contributed by atoms with Crippen molar-refractivity contribution in [2.75, 3.05) is 18.5 Å². The third kappa shape index (κ3) is 3.98. The molecule has 2 fully saturated rings. The SMILES string of the molecule is O=C(Nc1ccnn1C[C@@H]1CCOC1)c1ccc(C2CCCCC2)cc1. The summed E-state index contributed by atoms with van der Waals surface area (Å²) in [5, 5.41) is 7.35. The van der Waals surface area contributed by atoms with Crippen LogP contribution in [0.4, 0.5) is 5.82 Å². The van der Waals surface area contributed by atoms with Gasteiger partial charge in [0.1, 0.15) is 5.82 Å². The van der Waals surface area contributed by atoms with Gasteiger partial charge in [0.25, 0.3) is 5.91 Å². The molecule has 0 unspecified atom stereocenters. The first-order chi connectivity index (χ1) is 12.8. The number of anilines is 1. The molecule has 0 radical (unpaired) electrons. The maximum absolute atomic E-state index is 12.6. The summed E-state index contributed by atoms with van der Waals surface area (Å²) in [5.41, 5.74) is 2.06. The Labute approximate surface area is 154 Å². The van der Waals surface area contributed by atoms with Crippen molar-refractivity contribution in [2.45, 2.75) is 51.0 Å². The molecule has 1 atom stereocenters. The molecule has 1 N–H and O–H groups in total. The number of hydrogen-bond donors (Lipinski definition) is 1. The molecule has 2 heterocycles. The van der Waals surface area contributed by atoms with Gasteiger partial charge in [0, 0.05) is 30.7 Å². The number of rotatable bonds is 5. The standard InChI is InChI=1S/C21H27N3O2/c25-21(19-8-6-18(7-9-19)17-4-2-1-3-5-17)23-20-10-12-22-24(20)14-16-11-13-26-15-16/h6-10,12,16-17H,1-5,11,13-15H2,(H,23,25)/t16-/m0/s1. The van der Waals surface area contributed by atoms with Crippen LogP contribution in [0.25, 0.3) is 0 Å². The summed E-state index contributed by atoms with van der Waals surface area (Å²) in [6.07, 6.45) is 9.34. The van der Waals surface area contributed by atoms with E-state index in [0.717, 1.165) is 32.0 Å². The van der Waals surface area contributed by atoms with Gasteiger partial charge in [-0.2, -0.15) is 5.10 Å². The van der Waals surface area contributed by atoms with E-state index in [1.165, 1.54) is 37.7 Å². The van der Waals surface area contributed by atoms with Crippen LogP contribution in [0.15, 0.2) is 36.5 Å². The van der Waals surface area contributed by atoms with E-state index in [-0.39, 0.29) is 5.91 Å². The topological polar surface area (TPSA) is 56.2 Å². The highest BCUT2D eigenvalue weighted by molar-refractivity contribution is 6.03. The number of nitrogens with one attached hydrogen (secondary N) is 1. The van der Waals surface area contributed by atoms with Gasteiger partial charge in [0.05, 0.1) is 12.8 Å². The molecule has 1 amide bonds. The van der Waals surface area contributed by atoms with Gasteiger partial charge in [0.2, 0.25) is 0 Å². The van der Waals surface area contributed by atoms with Crippen LogP contribution in [-0.2, 0) is 11.3 Å². The maximum Gasteiger partial charge on any atom is 0.256 e. The lowest BCUT2D eigenvalue weighted by molar-refractivity contribution is 0.102. The Morgan fingerprint density at radius 1 is 1.12 bits per heavy atom. The number of benzene rings is 1. The molecule has 1 aromatic carbocycles. The molecule has 1 saturated heterocycles. The smallest absolute Gasteiger partial charge is 0.256 e. The van der Waals surface area contributed by atoms with E-state index in [1.54, 1.807) is 6.20 Å². The molecule has 138 valence electrons. The van der Waals surface area contributed by atoms with Gasteiger partial charge in [-0.25, -0.2) is 4.68 Å². The average Bonchev–Trinajstić information content (AvgIpc) is 3.35. The van der Waals surface area contributed by atoms with E-state index < -0.39 is 0 Å². The average molecular weight is 353 g/mol. The van der Waals surface area contributed by atoms with Gasteiger partial charge in [-0.15, -0.1) is 0 Å². The van der Waals surface area contributed by atoms with Crippen LogP contribution in [-0.4, -0.2) is 28.9 Å². The van der Waals surface area contributed by atoms with Crippen LogP contribution in [0.5, 0.6) is 0 Å². The highest BCUT2D eigenvalue weighted by atomic mass is 16.5. The quantitative estimate of drug-likeness (QED) is 0.875. The molecule has 5 nitrogen and oxygen atoms in total. The van der Waals surface area contributed by atoms with Gasteiger partial charge < -0.3 is 10.1 Å². The minimum Gasteiger partial charge on any atom is -0.381 e. The van der Waals surface area contributed by atoms with Crippen molar-refractivity contribution in [2.24, 2.45) is 5.92 Å². The van der Waals surface area contributed by atoms with Gasteiger partial charge >= 0.3 is 0 Å². The van der Waals surface area contributed by atoms with E-state index in [9.17, 15) is 4.79 Å². The molecular weight excluding hydrogens is 326 g/mol. The number of aromatic nitrogens is 2. The van der Waals surface area contributed by atoms with Gasteiger partial charge in [-0.3, -0.25) is 4.79 Å². The second-order valence-electron chi connectivity index (χ2n) is 7.54. The first-order valence-corrected chi connectivity index (χ1v) is 9.80. The van der Waals surface area contributed by atoms with Crippen molar-refractivity contribution in [3.8, 4) is 0 Å². The minimum absolute atomic E-state index is 0.0791. The number of carbonyl (C=O) groups excluding carboxylic acids is 1. The first-order valence-electron chi connectivity index (χ1n) is 9.80. The van der Waals surface area contributed by atoms with Crippen LogP contribution in [0.1, 0.15) is 60.4 Å². The second kappa shape index (κ2) is 8.04. The summed E-state index contributed by atoms with van der Waals surface area (Å²) in [4.78, 5) is 12.6. The predicted octanol–water partition coefficient (Wildman–Crippen LogP) is 4.22. The van der Waals surface area contributed by atoms with Crippen molar-refractivity contribution < 1.29 is 9.53 Å². The van der Waals surface area contributed by atoms with Crippen LogP contribution >= 0.6 is 0 Å². The van der Waals surface area contributed by atoms with E-state index >= 15 is 0 Å². The first kappa shape index (κ1) is 17.3. The van der Waals surface area contributed by atoms with Crippen molar-refractivity contribution in [1.29, 1.82) is 0 Å². The monoisotopic (exact) mass is 353 g/mol. The molecule has 26 heavy (non-hydrogen) atoms. The Morgan fingerprint density at radius 2 is 1.92 bits per heavy atom. The summed E-state index contributed by atoms with van der Waals surface area (Å²) in [5.74, 6) is 1.80. The number of hydrogen-bond acceptors (Lipinski definition) is 3. The van der Waals surface area contributed by atoms with Gasteiger partial charge in [-0.1, -0.05) is 31.4 Å². The fourth-order valence-corrected chi connectivity index (χ4v) is 4.09. The molecule has 0 bridgehead atoms.